The first kappa shape index (κ1) is 13.6. The zero-order valence-corrected chi connectivity index (χ0v) is 11.1. The smallest absolute Gasteiger partial charge is 0.132 e. The number of aromatic nitrogens is 2. The Morgan fingerprint density at radius 2 is 1.89 bits per heavy atom. The minimum atomic E-state index is -0.209. The van der Waals surface area contributed by atoms with Gasteiger partial charge in [0.05, 0.1) is 0 Å². The first-order valence-corrected chi connectivity index (χ1v) is 6.53. The maximum Gasteiger partial charge on any atom is 0.132 e. The molecule has 4 heteroatoms. The van der Waals surface area contributed by atoms with Gasteiger partial charge in [0.1, 0.15) is 11.6 Å². The molecule has 1 heterocycles. The lowest BCUT2D eigenvalue weighted by Gasteiger charge is -2.05. The van der Waals surface area contributed by atoms with Crippen molar-refractivity contribution in [2.75, 3.05) is 6.54 Å². The van der Waals surface area contributed by atoms with Crippen LogP contribution in [0.1, 0.15) is 30.3 Å². The molecule has 1 N–H and O–H groups in total. The highest BCUT2D eigenvalue weighted by molar-refractivity contribution is 5.21. The molecular weight excluding hydrogens is 241 g/mol. The monoisotopic (exact) mass is 259 g/mol. The highest BCUT2D eigenvalue weighted by Crippen LogP contribution is 2.10. The average molecular weight is 259 g/mol. The molecule has 0 saturated heterocycles. The molecule has 0 spiro atoms. The fraction of sp³-hybridized carbons (Fsp3) is 0.333. The Labute approximate surface area is 112 Å². The predicted molar refractivity (Wildman–Crippen MR) is 73.2 cm³/mol. The lowest BCUT2D eigenvalue weighted by molar-refractivity contribution is 0.612. The van der Waals surface area contributed by atoms with E-state index in [1.165, 1.54) is 6.07 Å². The largest absolute Gasteiger partial charge is 0.313 e. The van der Waals surface area contributed by atoms with Crippen LogP contribution in [0, 0.1) is 5.82 Å². The second-order valence-electron chi connectivity index (χ2n) is 4.45. The molecule has 2 aromatic rings. The summed E-state index contributed by atoms with van der Waals surface area (Å²) in [7, 11) is 0. The Hall–Kier alpha value is -1.81. The van der Waals surface area contributed by atoms with Gasteiger partial charge in [-0.15, -0.1) is 0 Å². The maximum absolute atomic E-state index is 13.5. The molecule has 2 rings (SSSR count). The van der Waals surface area contributed by atoms with Crippen LogP contribution in [0.15, 0.2) is 36.7 Å². The van der Waals surface area contributed by atoms with Gasteiger partial charge < -0.3 is 5.32 Å². The Morgan fingerprint density at radius 3 is 2.58 bits per heavy atom. The van der Waals surface area contributed by atoms with Crippen molar-refractivity contribution in [3.8, 4) is 0 Å². The second-order valence-corrected chi connectivity index (χ2v) is 4.45. The van der Waals surface area contributed by atoms with Crippen LogP contribution in [0.4, 0.5) is 4.39 Å². The summed E-state index contributed by atoms with van der Waals surface area (Å²) < 4.78 is 13.5. The first-order valence-electron chi connectivity index (χ1n) is 6.53. The zero-order valence-electron chi connectivity index (χ0n) is 11.1. The zero-order chi connectivity index (χ0) is 13.5. The molecule has 0 amide bonds. The van der Waals surface area contributed by atoms with E-state index in [-0.39, 0.29) is 5.82 Å². The number of halogens is 1. The van der Waals surface area contributed by atoms with Gasteiger partial charge in [0.25, 0.3) is 0 Å². The number of hydrogen-bond acceptors (Lipinski definition) is 3. The molecule has 0 fully saturated rings. The highest BCUT2D eigenvalue weighted by atomic mass is 19.1. The maximum atomic E-state index is 13.5. The van der Waals surface area contributed by atoms with E-state index in [9.17, 15) is 4.39 Å². The SMILES string of the molecule is CCCNCc1cnc(Cc2ccccc2F)nc1. The summed E-state index contributed by atoms with van der Waals surface area (Å²) in [5.41, 5.74) is 1.67. The average Bonchev–Trinajstić information content (AvgIpc) is 2.44. The predicted octanol–water partition coefficient (Wildman–Crippen LogP) is 2.71. The second kappa shape index (κ2) is 6.95. The van der Waals surface area contributed by atoms with Crippen molar-refractivity contribution in [3.63, 3.8) is 0 Å². The third-order valence-electron chi connectivity index (χ3n) is 2.82. The Balaban J connectivity index is 1.97. The van der Waals surface area contributed by atoms with E-state index >= 15 is 0 Å². The van der Waals surface area contributed by atoms with Gasteiger partial charge in [-0.1, -0.05) is 25.1 Å². The van der Waals surface area contributed by atoms with Crippen LogP contribution < -0.4 is 5.32 Å². The van der Waals surface area contributed by atoms with Crippen LogP contribution in [-0.2, 0) is 13.0 Å². The van der Waals surface area contributed by atoms with Crippen LogP contribution >= 0.6 is 0 Å². The lowest BCUT2D eigenvalue weighted by atomic mass is 10.1. The Morgan fingerprint density at radius 1 is 1.16 bits per heavy atom. The molecule has 0 bridgehead atoms. The van der Waals surface area contributed by atoms with Crippen molar-refractivity contribution in [2.45, 2.75) is 26.3 Å². The van der Waals surface area contributed by atoms with Crippen LogP contribution in [0.2, 0.25) is 0 Å². The molecule has 0 aliphatic rings. The molecule has 19 heavy (non-hydrogen) atoms. The molecule has 0 unspecified atom stereocenters. The Bertz CT molecular complexity index is 511. The molecule has 0 radical (unpaired) electrons. The highest BCUT2D eigenvalue weighted by Gasteiger charge is 2.04. The quantitative estimate of drug-likeness (QED) is 0.811. The van der Waals surface area contributed by atoms with Gasteiger partial charge in [-0.3, -0.25) is 0 Å². The summed E-state index contributed by atoms with van der Waals surface area (Å²) in [6.07, 6.45) is 5.12. The van der Waals surface area contributed by atoms with Gasteiger partial charge in [0, 0.05) is 30.9 Å². The molecule has 1 aromatic carbocycles. The third kappa shape index (κ3) is 4.10. The van der Waals surface area contributed by atoms with Crippen LogP contribution in [0.25, 0.3) is 0 Å². The van der Waals surface area contributed by atoms with E-state index in [1.54, 1.807) is 24.5 Å². The van der Waals surface area contributed by atoms with Crippen LogP contribution in [-0.4, -0.2) is 16.5 Å². The Kier molecular flexibility index (Phi) is 4.98. The van der Waals surface area contributed by atoms with Crippen molar-refractivity contribution in [1.29, 1.82) is 0 Å². The normalized spacial score (nSPS) is 10.6. The summed E-state index contributed by atoms with van der Waals surface area (Å²) in [6, 6.07) is 6.72. The number of hydrogen-bond donors (Lipinski definition) is 1. The van der Waals surface area contributed by atoms with Crippen molar-refractivity contribution in [1.82, 2.24) is 15.3 Å². The van der Waals surface area contributed by atoms with Gasteiger partial charge in [0.15, 0.2) is 0 Å². The standard InChI is InChI=1S/C15H18FN3/c1-2-7-17-9-12-10-18-15(19-11-12)8-13-5-3-4-6-14(13)16/h3-6,10-11,17H,2,7-9H2,1H3. The van der Waals surface area contributed by atoms with E-state index < -0.39 is 0 Å². The topological polar surface area (TPSA) is 37.8 Å². The van der Waals surface area contributed by atoms with E-state index in [2.05, 4.69) is 22.2 Å². The molecular formula is C15H18FN3. The molecule has 0 aliphatic carbocycles. The van der Waals surface area contributed by atoms with E-state index in [1.807, 2.05) is 6.07 Å². The van der Waals surface area contributed by atoms with Crippen molar-refractivity contribution >= 4 is 0 Å². The van der Waals surface area contributed by atoms with Crippen LogP contribution in [0.5, 0.6) is 0 Å². The minimum Gasteiger partial charge on any atom is -0.313 e. The summed E-state index contributed by atoms with van der Waals surface area (Å²) in [5.74, 6) is 0.434. The number of nitrogens with zero attached hydrogens (tertiary/aromatic N) is 2. The third-order valence-corrected chi connectivity index (χ3v) is 2.82. The van der Waals surface area contributed by atoms with Gasteiger partial charge in [-0.2, -0.15) is 0 Å². The number of rotatable bonds is 6. The van der Waals surface area contributed by atoms with Crippen molar-refractivity contribution < 1.29 is 4.39 Å². The molecule has 0 atom stereocenters. The van der Waals surface area contributed by atoms with Gasteiger partial charge in [0.2, 0.25) is 0 Å². The summed E-state index contributed by atoms with van der Waals surface area (Å²) in [5, 5.41) is 3.29. The van der Waals surface area contributed by atoms with E-state index in [0.717, 1.165) is 25.1 Å². The fourth-order valence-electron chi connectivity index (χ4n) is 1.79. The molecule has 0 saturated carbocycles. The summed E-state index contributed by atoms with van der Waals surface area (Å²) in [6.45, 7) is 3.88. The van der Waals surface area contributed by atoms with Gasteiger partial charge >= 0.3 is 0 Å². The number of benzene rings is 1. The van der Waals surface area contributed by atoms with Crippen molar-refractivity contribution in [3.05, 3.63) is 59.4 Å². The summed E-state index contributed by atoms with van der Waals surface area (Å²) in [4.78, 5) is 8.55. The summed E-state index contributed by atoms with van der Waals surface area (Å²) >= 11 is 0. The molecule has 3 nitrogen and oxygen atoms in total. The van der Waals surface area contributed by atoms with Gasteiger partial charge in [-0.05, 0) is 24.6 Å². The minimum absolute atomic E-state index is 0.209. The lowest BCUT2D eigenvalue weighted by Crippen LogP contribution is -2.14. The first-order chi connectivity index (χ1) is 9.29. The molecule has 1 aromatic heterocycles. The molecule has 100 valence electrons. The van der Waals surface area contributed by atoms with Crippen molar-refractivity contribution in [2.24, 2.45) is 0 Å². The van der Waals surface area contributed by atoms with E-state index in [4.69, 9.17) is 0 Å². The fourth-order valence-corrected chi connectivity index (χ4v) is 1.79. The van der Waals surface area contributed by atoms with Crippen LogP contribution in [0.3, 0.4) is 0 Å². The number of nitrogens with one attached hydrogen (secondary N) is 1. The van der Waals surface area contributed by atoms with E-state index in [0.29, 0.717) is 17.8 Å². The molecule has 0 aliphatic heterocycles. The van der Waals surface area contributed by atoms with Gasteiger partial charge in [-0.25, -0.2) is 14.4 Å².